The van der Waals surface area contributed by atoms with Crippen molar-refractivity contribution in [3.63, 3.8) is 0 Å². The molecule has 3 aromatic heterocycles. The van der Waals surface area contributed by atoms with Crippen molar-refractivity contribution in [3.05, 3.63) is 76.3 Å². The van der Waals surface area contributed by atoms with Crippen LogP contribution in [0, 0.1) is 9.81 Å². The van der Waals surface area contributed by atoms with E-state index in [1.807, 2.05) is 12.1 Å². The van der Waals surface area contributed by atoms with Crippen LogP contribution in [-0.4, -0.2) is 71.0 Å². The number of nitrogens with two attached hydrogens (primary N) is 1. The summed E-state index contributed by atoms with van der Waals surface area (Å²) >= 11 is 0. The van der Waals surface area contributed by atoms with Crippen molar-refractivity contribution in [2.75, 3.05) is 49.4 Å². The van der Waals surface area contributed by atoms with E-state index in [9.17, 15) is 14.6 Å². The van der Waals surface area contributed by atoms with Crippen LogP contribution < -0.4 is 20.5 Å². The number of hydrogen-bond donors (Lipinski definition) is 1. The van der Waals surface area contributed by atoms with E-state index in [1.54, 1.807) is 42.5 Å². The van der Waals surface area contributed by atoms with E-state index in [-0.39, 0.29) is 24.7 Å². The minimum absolute atomic E-state index is 0.0849. The number of morpholine rings is 1. The number of ether oxygens (including phenoxy) is 2. The van der Waals surface area contributed by atoms with E-state index in [4.69, 9.17) is 15.3 Å². The fourth-order valence-electron chi connectivity index (χ4n) is 4.06. The predicted molar refractivity (Wildman–Crippen MR) is 142 cm³/mol. The van der Waals surface area contributed by atoms with Gasteiger partial charge in [-0.15, -0.1) is 0 Å². The Morgan fingerprint density at radius 3 is 2.74 bits per heavy atom. The van der Waals surface area contributed by atoms with Crippen LogP contribution in [0.3, 0.4) is 0 Å². The Labute approximate surface area is 222 Å². The molecule has 1 fully saturated rings. The third-order valence-electron chi connectivity index (χ3n) is 6.11. The molecule has 1 aliphatic rings. The zero-order valence-electron chi connectivity index (χ0n) is 20.8. The number of rotatable bonds is 10. The summed E-state index contributed by atoms with van der Waals surface area (Å²) < 4.78 is 12.4. The summed E-state index contributed by atoms with van der Waals surface area (Å²) in [5.74, 6) is 7.13. The van der Waals surface area contributed by atoms with Crippen LogP contribution in [0.5, 0.6) is 5.75 Å². The zero-order chi connectivity index (χ0) is 27.2. The van der Waals surface area contributed by atoms with Crippen molar-refractivity contribution in [2.24, 2.45) is 16.2 Å². The predicted octanol–water partition coefficient (Wildman–Crippen LogP) is 2.43. The average molecular weight is 532 g/mol. The number of amides is 1. The van der Waals surface area contributed by atoms with Gasteiger partial charge in [0.05, 0.1) is 25.1 Å². The Balaban J connectivity index is 1.37. The van der Waals surface area contributed by atoms with Gasteiger partial charge in [0.2, 0.25) is 0 Å². The summed E-state index contributed by atoms with van der Waals surface area (Å²) in [4.78, 5) is 45.6. The number of anilines is 2. The molecule has 1 unspecified atom stereocenters. The number of carbonyl (C=O) groups is 1. The number of benzene rings is 1. The number of nitroso groups, excluding NO2 is 2. The molecule has 0 spiro atoms. The molecule has 0 saturated carbocycles. The highest BCUT2D eigenvalue weighted by molar-refractivity contribution is 6.04. The number of fused-ring (bicyclic) bond motifs is 1. The van der Waals surface area contributed by atoms with Crippen LogP contribution in [0.25, 0.3) is 16.9 Å². The van der Waals surface area contributed by atoms with Gasteiger partial charge < -0.3 is 14.4 Å². The maximum atomic E-state index is 13.4. The first-order valence-corrected chi connectivity index (χ1v) is 12.2. The van der Waals surface area contributed by atoms with Crippen molar-refractivity contribution in [2.45, 2.75) is 6.04 Å². The number of imidazole rings is 1. The molecular formula is C25H25N9O5. The summed E-state index contributed by atoms with van der Waals surface area (Å²) in [6.07, 6.45) is 1.41. The molecule has 1 atom stereocenters. The summed E-state index contributed by atoms with van der Waals surface area (Å²) in [6, 6.07) is 14.9. The Kier molecular flexibility index (Phi) is 7.75. The molecule has 14 nitrogen and oxygen atoms in total. The molecule has 1 saturated heterocycles. The third-order valence-corrected chi connectivity index (χ3v) is 6.11. The fraction of sp³-hybridized carbons (Fsp3) is 0.280. The molecular weight excluding hydrogens is 506 g/mol. The first-order chi connectivity index (χ1) is 19.1. The minimum Gasteiger partial charge on any atom is -0.491 e. The normalized spacial score (nSPS) is 14.1. The summed E-state index contributed by atoms with van der Waals surface area (Å²) in [5.41, 5.74) is 1.84. The molecule has 1 amide bonds. The van der Waals surface area contributed by atoms with Crippen LogP contribution in [0.2, 0.25) is 0 Å². The molecule has 0 aliphatic carbocycles. The van der Waals surface area contributed by atoms with E-state index in [2.05, 4.69) is 30.3 Å². The SMILES string of the molecule is NN(C(=O)c1cnc2ccc(-c3cccc(OCC(CN=O)N=O)c3)nn12)c1cccc(N2CCOCC2)n1. The van der Waals surface area contributed by atoms with Gasteiger partial charge in [-0.3, -0.25) is 4.79 Å². The average Bonchev–Trinajstić information content (AvgIpc) is 3.42. The Hall–Kier alpha value is -4.82. The van der Waals surface area contributed by atoms with Crippen molar-refractivity contribution >= 4 is 23.2 Å². The number of pyridine rings is 1. The van der Waals surface area contributed by atoms with Crippen molar-refractivity contribution < 1.29 is 14.3 Å². The fourth-order valence-corrected chi connectivity index (χ4v) is 4.06. The lowest BCUT2D eigenvalue weighted by molar-refractivity contribution is 0.0979. The molecule has 4 aromatic rings. The number of carbonyl (C=O) groups excluding carboxylic acids is 1. The van der Waals surface area contributed by atoms with Crippen LogP contribution in [0.15, 0.2) is 71.1 Å². The lowest BCUT2D eigenvalue weighted by atomic mass is 10.1. The summed E-state index contributed by atoms with van der Waals surface area (Å²) in [7, 11) is 0. The first-order valence-electron chi connectivity index (χ1n) is 12.2. The van der Waals surface area contributed by atoms with Crippen LogP contribution >= 0.6 is 0 Å². The molecule has 39 heavy (non-hydrogen) atoms. The van der Waals surface area contributed by atoms with Crippen LogP contribution in [0.1, 0.15) is 10.5 Å². The topological polar surface area (TPSA) is 170 Å². The summed E-state index contributed by atoms with van der Waals surface area (Å²) in [6.45, 7) is 2.27. The maximum absolute atomic E-state index is 13.4. The lowest BCUT2D eigenvalue weighted by Gasteiger charge is -2.28. The van der Waals surface area contributed by atoms with Gasteiger partial charge in [0.1, 0.15) is 30.8 Å². The van der Waals surface area contributed by atoms with Gasteiger partial charge in [0.15, 0.2) is 17.2 Å². The second-order valence-corrected chi connectivity index (χ2v) is 8.67. The van der Waals surface area contributed by atoms with Crippen molar-refractivity contribution in [1.29, 1.82) is 0 Å². The minimum atomic E-state index is -0.872. The largest absolute Gasteiger partial charge is 0.491 e. The Morgan fingerprint density at radius 2 is 1.95 bits per heavy atom. The van der Waals surface area contributed by atoms with Gasteiger partial charge in [-0.2, -0.15) is 14.9 Å². The van der Waals surface area contributed by atoms with Gasteiger partial charge >= 0.3 is 0 Å². The van der Waals surface area contributed by atoms with E-state index in [0.717, 1.165) is 5.01 Å². The molecule has 5 rings (SSSR count). The molecule has 14 heteroatoms. The second kappa shape index (κ2) is 11.7. The molecule has 200 valence electrons. The first kappa shape index (κ1) is 25.8. The van der Waals surface area contributed by atoms with Crippen molar-refractivity contribution in [3.8, 4) is 17.0 Å². The Morgan fingerprint density at radius 1 is 1.13 bits per heavy atom. The molecule has 0 radical (unpaired) electrons. The van der Waals surface area contributed by atoms with Crippen LogP contribution in [-0.2, 0) is 4.74 Å². The van der Waals surface area contributed by atoms with Crippen LogP contribution in [0.4, 0.5) is 11.6 Å². The standard InChI is InChI=1S/C25H25N9O5/c26-33(24-6-2-5-23(29-24)32-9-11-38-12-10-32)25(35)21-15-27-22-8-7-20(30-34(21)22)17-3-1-4-19(13-17)39-16-18(31-37)14-28-36/h1-8,13,15,18H,9-12,14,16,26H2. The third kappa shape index (κ3) is 5.71. The number of aromatic nitrogens is 4. The van der Waals surface area contributed by atoms with Gasteiger partial charge in [-0.1, -0.05) is 28.6 Å². The highest BCUT2D eigenvalue weighted by Crippen LogP contribution is 2.24. The highest BCUT2D eigenvalue weighted by Gasteiger charge is 2.22. The highest BCUT2D eigenvalue weighted by atomic mass is 16.5. The van der Waals surface area contributed by atoms with E-state index in [1.165, 1.54) is 10.7 Å². The molecule has 0 bridgehead atoms. The molecule has 2 N–H and O–H groups in total. The van der Waals surface area contributed by atoms with Gasteiger partial charge in [-0.25, -0.2) is 25.3 Å². The number of hydrazine groups is 1. The van der Waals surface area contributed by atoms with E-state index in [0.29, 0.717) is 54.8 Å². The summed E-state index contributed by atoms with van der Waals surface area (Å²) in [5, 5.41) is 11.1. The number of nitrogens with zero attached hydrogens (tertiary/aromatic N) is 8. The smallest absolute Gasteiger partial charge is 0.294 e. The van der Waals surface area contributed by atoms with E-state index >= 15 is 0 Å². The second-order valence-electron chi connectivity index (χ2n) is 8.67. The van der Waals surface area contributed by atoms with Gasteiger partial charge in [0.25, 0.3) is 5.91 Å². The van der Waals surface area contributed by atoms with E-state index < -0.39 is 11.9 Å². The lowest BCUT2D eigenvalue weighted by Crippen LogP contribution is -2.40. The van der Waals surface area contributed by atoms with Gasteiger partial charge in [-0.05, 0) is 36.4 Å². The zero-order valence-corrected chi connectivity index (χ0v) is 20.8. The maximum Gasteiger partial charge on any atom is 0.294 e. The quantitative estimate of drug-likeness (QED) is 0.139. The van der Waals surface area contributed by atoms with Crippen molar-refractivity contribution in [1.82, 2.24) is 19.6 Å². The molecule has 4 heterocycles. The van der Waals surface area contributed by atoms with Gasteiger partial charge in [0, 0.05) is 18.7 Å². The molecule has 1 aliphatic heterocycles. The Bertz CT molecular complexity index is 1490. The molecule has 1 aromatic carbocycles. The number of hydrogen-bond acceptors (Lipinski definition) is 12. The monoisotopic (exact) mass is 531 g/mol.